The van der Waals surface area contributed by atoms with Crippen molar-refractivity contribution in [3.05, 3.63) is 22.4 Å². The molecule has 1 aliphatic carbocycles. The monoisotopic (exact) mass is 225 g/mol. The Kier molecular flexibility index (Phi) is 3.78. The number of methoxy groups -OCH3 is 1. The molecule has 0 radical (unpaired) electrons. The van der Waals surface area contributed by atoms with E-state index in [1.165, 1.54) is 17.7 Å². The molecule has 2 unspecified atom stereocenters. The van der Waals surface area contributed by atoms with Crippen LogP contribution in [0.3, 0.4) is 0 Å². The Morgan fingerprint density at radius 3 is 2.87 bits per heavy atom. The fourth-order valence-corrected chi connectivity index (χ4v) is 2.93. The number of hydrogen-bond acceptors (Lipinski definition) is 3. The molecule has 3 heteroatoms. The molecular formula is C12H19NOS. The Morgan fingerprint density at radius 1 is 1.60 bits per heavy atom. The standard InChI is InChI=1S/C12H19NOS/c1-3-13-11(10-5-4-8-15-10)12(14-2)9-6-7-9/h4-5,8-9,11-13H,3,6-7H2,1-2H3. The molecule has 1 saturated carbocycles. The molecule has 1 aliphatic rings. The quantitative estimate of drug-likeness (QED) is 0.804. The maximum atomic E-state index is 5.66. The van der Waals surface area contributed by atoms with E-state index in [-0.39, 0.29) is 0 Å². The highest BCUT2D eigenvalue weighted by molar-refractivity contribution is 7.10. The van der Waals surface area contributed by atoms with Crippen LogP contribution >= 0.6 is 11.3 Å². The second-order valence-electron chi connectivity index (χ2n) is 4.09. The van der Waals surface area contributed by atoms with E-state index < -0.39 is 0 Å². The van der Waals surface area contributed by atoms with Crippen LogP contribution < -0.4 is 5.32 Å². The van der Waals surface area contributed by atoms with Crippen LogP contribution in [0.25, 0.3) is 0 Å². The van der Waals surface area contributed by atoms with Gasteiger partial charge in [-0.3, -0.25) is 0 Å². The first-order valence-corrected chi connectivity index (χ1v) is 6.54. The Morgan fingerprint density at radius 2 is 2.40 bits per heavy atom. The lowest BCUT2D eigenvalue weighted by atomic mass is 10.0. The third-order valence-electron chi connectivity index (χ3n) is 2.96. The van der Waals surface area contributed by atoms with Crippen LogP contribution in [0, 0.1) is 5.92 Å². The molecule has 1 aromatic heterocycles. The summed E-state index contributed by atoms with van der Waals surface area (Å²) in [4.78, 5) is 1.40. The predicted octanol–water partition coefficient (Wildman–Crippen LogP) is 2.82. The van der Waals surface area contributed by atoms with Gasteiger partial charge in [-0.2, -0.15) is 0 Å². The van der Waals surface area contributed by atoms with Crippen molar-refractivity contribution in [3.8, 4) is 0 Å². The summed E-state index contributed by atoms with van der Waals surface area (Å²) in [6.45, 7) is 3.15. The van der Waals surface area contributed by atoms with E-state index in [1.54, 1.807) is 0 Å². The molecule has 1 aromatic rings. The molecule has 15 heavy (non-hydrogen) atoms. The fourth-order valence-electron chi connectivity index (χ4n) is 2.09. The summed E-state index contributed by atoms with van der Waals surface area (Å²) in [5, 5.41) is 5.68. The summed E-state index contributed by atoms with van der Waals surface area (Å²) in [6, 6.07) is 4.70. The zero-order valence-corrected chi connectivity index (χ0v) is 10.2. The molecule has 84 valence electrons. The number of hydrogen-bond donors (Lipinski definition) is 1. The van der Waals surface area contributed by atoms with Crippen LogP contribution in [0.5, 0.6) is 0 Å². The van der Waals surface area contributed by atoms with Crippen molar-refractivity contribution in [2.45, 2.75) is 31.9 Å². The third-order valence-corrected chi connectivity index (χ3v) is 3.92. The van der Waals surface area contributed by atoms with E-state index in [4.69, 9.17) is 4.74 Å². The van der Waals surface area contributed by atoms with Gasteiger partial charge in [-0.25, -0.2) is 0 Å². The van der Waals surface area contributed by atoms with Crippen molar-refractivity contribution in [2.24, 2.45) is 5.92 Å². The van der Waals surface area contributed by atoms with E-state index >= 15 is 0 Å². The molecule has 2 nitrogen and oxygen atoms in total. The van der Waals surface area contributed by atoms with E-state index in [0.717, 1.165) is 12.5 Å². The first-order chi connectivity index (χ1) is 7.36. The minimum atomic E-state index is 0.351. The first-order valence-electron chi connectivity index (χ1n) is 5.66. The molecule has 1 fully saturated rings. The third kappa shape index (κ3) is 2.60. The van der Waals surface area contributed by atoms with Crippen LogP contribution in [-0.4, -0.2) is 19.8 Å². The van der Waals surface area contributed by atoms with Gasteiger partial charge in [0, 0.05) is 12.0 Å². The number of ether oxygens (including phenoxy) is 1. The molecule has 0 amide bonds. The minimum Gasteiger partial charge on any atom is -0.379 e. The zero-order valence-electron chi connectivity index (χ0n) is 9.40. The van der Waals surface area contributed by atoms with E-state index in [2.05, 4.69) is 29.8 Å². The van der Waals surface area contributed by atoms with Gasteiger partial charge in [-0.1, -0.05) is 13.0 Å². The van der Waals surface area contributed by atoms with Crippen molar-refractivity contribution in [2.75, 3.05) is 13.7 Å². The van der Waals surface area contributed by atoms with Gasteiger partial charge >= 0.3 is 0 Å². The Hall–Kier alpha value is -0.380. The Bertz CT molecular complexity index is 282. The highest BCUT2D eigenvalue weighted by Gasteiger charge is 2.37. The Labute approximate surface area is 95.6 Å². The second kappa shape index (κ2) is 5.10. The van der Waals surface area contributed by atoms with Gasteiger partial charge in [0.05, 0.1) is 12.1 Å². The molecule has 1 N–H and O–H groups in total. The van der Waals surface area contributed by atoms with Crippen LogP contribution in [0.15, 0.2) is 17.5 Å². The van der Waals surface area contributed by atoms with Crippen molar-refractivity contribution in [1.29, 1.82) is 0 Å². The molecule has 0 spiro atoms. The number of likely N-dealkylation sites (N-methyl/N-ethyl adjacent to an activating group) is 1. The zero-order chi connectivity index (χ0) is 10.7. The lowest BCUT2D eigenvalue weighted by Crippen LogP contribution is -2.34. The molecular weight excluding hydrogens is 206 g/mol. The van der Waals surface area contributed by atoms with Gasteiger partial charge in [0.15, 0.2) is 0 Å². The van der Waals surface area contributed by atoms with Crippen LogP contribution in [-0.2, 0) is 4.74 Å². The smallest absolute Gasteiger partial charge is 0.0802 e. The van der Waals surface area contributed by atoms with Crippen molar-refractivity contribution in [1.82, 2.24) is 5.32 Å². The summed E-state index contributed by atoms with van der Waals surface area (Å²) in [6.07, 6.45) is 3.00. The van der Waals surface area contributed by atoms with Gasteiger partial charge in [0.1, 0.15) is 0 Å². The maximum Gasteiger partial charge on any atom is 0.0802 e. The highest BCUT2D eigenvalue weighted by Crippen LogP contribution is 2.40. The molecule has 1 heterocycles. The first kappa shape index (κ1) is 11.1. The summed E-state index contributed by atoms with van der Waals surface area (Å²) in [7, 11) is 1.83. The summed E-state index contributed by atoms with van der Waals surface area (Å²) >= 11 is 1.82. The van der Waals surface area contributed by atoms with Gasteiger partial charge in [0.25, 0.3) is 0 Å². The van der Waals surface area contributed by atoms with E-state index in [9.17, 15) is 0 Å². The summed E-state index contributed by atoms with van der Waals surface area (Å²) in [5.41, 5.74) is 0. The average molecular weight is 225 g/mol. The largest absolute Gasteiger partial charge is 0.379 e. The normalized spacial score (nSPS) is 20.1. The molecule has 0 aromatic carbocycles. The van der Waals surface area contributed by atoms with Crippen molar-refractivity contribution >= 4 is 11.3 Å². The average Bonchev–Trinajstić information content (AvgIpc) is 2.94. The summed E-state index contributed by atoms with van der Waals surface area (Å²) < 4.78 is 5.66. The van der Waals surface area contributed by atoms with Crippen LogP contribution in [0.1, 0.15) is 30.7 Å². The lowest BCUT2D eigenvalue weighted by molar-refractivity contribution is 0.0522. The highest BCUT2D eigenvalue weighted by atomic mass is 32.1. The van der Waals surface area contributed by atoms with Gasteiger partial charge < -0.3 is 10.1 Å². The molecule has 2 atom stereocenters. The molecule has 2 rings (SSSR count). The lowest BCUT2D eigenvalue weighted by Gasteiger charge is -2.25. The topological polar surface area (TPSA) is 21.3 Å². The molecule has 0 saturated heterocycles. The molecule has 0 bridgehead atoms. The van der Waals surface area contributed by atoms with Crippen molar-refractivity contribution in [3.63, 3.8) is 0 Å². The fraction of sp³-hybridized carbons (Fsp3) is 0.667. The predicted molar refractivity (Wildman–Crippen MR) is 64.3 cm³/mol. The SMILES string of the molecule is CCNC(c1cccs1)C(OC)C1CC1. The van der Waals surface area contributed by atoms with Crippen LogP contribution in [0.2, 0.25) is 0 Å². The van der Waals surface area contributed by atoms with E-state index in [0.29, 0.717) is 12.1 Å². The van der Waals surface area contributed by atoms with Gasteiger partial charge in [-0.05, 0) is 36.8 Å². The molecule has 0 aliphatic heterocycles. The van der Waals surface area contributed by atoms with Crippen LogP contribution in [0.4, 0.5) is 0 Å². The number of thiophene rings is 1. The minimum absolute atomic E-state index is 0.351. The van der Waals surface area contributed by atoms with Gasteiger partial charge in [0.2, 0.25) is 0 Å². The maximum absolute atomic E-state index is 5.66. The summed E-state index contributed by atoms with van der Waals surface area (Å²) in [5.74, 6) is 0.765. The van der Waals surface area contributed by atoms with Crippen molar-refractivity contribution < 1.29 is 4.74 Å². The van der Waals surface area contributed by atoms with Gasteiger partial charge in [-0.15, -0.1) is 11.3 Å². The second-order valence-corrected chi connectivity index (χ2v) is 5.07. The number of nitrogens with one attached hydrogen (secondary N) is 1. The Balaban J connectivity index is 2.10. The number of rotatable bonds is 6. The van der Waals surface area contributed by atoms with E-state index in [1.807, 2.05) is 18.4 Å².